The number of rotatable bonds is 4. The molecule has 18 heavy (non-hydrogen) atoms. The number of hydrogen-bond donors (Lipinski definition) is 1. The zero-order chi connectivity index (χ0) is 13.1. The summed E-state index contributed by atoms with van der Waals surface area (Å²) in [6.45, 7) is 2.66. The summed E-state index contributed by atoms with van der Waals surface area (Å²) in [7, 11) is 3.99. The summed E-state index contributed by atoms with van der Waals surface area (Å²) in [5.41, 5.74) is 9.48. The van der Waals surface area contributed by atoms with E-state index in [1.165, 1.54) is 11.3 Å². The molecule has 0 aliphatic carbocycles. The van der Waals surface area contributed by atoms with Crippen LogP contribution in [0.2, 0.25) is 0 Å². The first-order chi connectivity index (χ1) is 8.61. The first-order valence-corrected chi connectivity index (χ1v) is 6.10. The lowest BCUT2D eigenvalue weighted by Crippen LogP contribution is -2.30. The normalized spacial score (nSPS) is 12.4. The molecule has 1 heterocycles. The van der Waals surface area contributed by atoms with Crippen molar-refractivity contribution in [3.63, 3.8) is 0 Å². The number of anilines is 1. The Bertz CT molecular complexity index is 518. The Balaban J connectivity index is 2.28. The van der Waals surface area contributed by atoms with Crippen molar-refractivity contribution >= 4 is 5.69 Å². The van der Waals surface area contributed by atoms with Crippen molar-refractivity contribution in [3.8, 4) is 0 Å². The number of hydrogen-bond acceptors (Lipinski definition) is 3. The topological polar surface area (TPSA) is 47.1 Å². The fraction of sp³-hybridized carbons (Fsp3) is 0.357. The van der Waals surface area contributed by atoms with Crippen LogP contribution in [0.4, 0.5) is 5.69 Å². The third-order valence-electron chi connectivity index (χ3n) is 3.21. The molecule has 1 aromatic heterocycles. The van der Waals surface area contributed by atoms with E-state index in [1.807, 2.05) is 24.1 Å². The van der Waals surface area contributed by atoms with Gasteiger partial charge in [-0.2, -0.15) is 5.10 Å². The van der Waals surface area contributed by atoms with Crippen molar-refractivity contribution in [2.75, 3.05) is 18.5 Å². The quantitative estimate of drug-likeness (QED) is 0.893. The lowest BCUT2D eigenvalue weighted by Gasteiger charge is -2.28. The minimum Gasteiger partial charge on any atom is -0.366 e. The lowest BCUT2D eigenvalue weighted by molar-refractivity contribution is 0.678. The highest BCUT2D eigenvalue weighted by molar-refractivity contribution is 5.49. The Kier molecular flexibility index (Phi) is 3.67. The molecule has 0 aliphatic rings. The van der Waals surface area contributed by atoms with Crippen LogP contribution in [-0.4, -0.2) is 23.4 Å². The molecule has 0 saturated carbocycles. The molecule has 0 amide bonds. The predicted octanol–water partition coefficient (Wildman–Crippen LogP) is 1.86. The third kappa shape index (κ3) is 2.54. The Morgan fingerprint density at radius 3 is 2.78 bits per heavy atom. The molecule has 1 atom stereocenters. The molecule has 1 unspecified atom stereocenters. The number of aromatic nitrogens is 2. The SMILES string of the molecule is Cc1cccc(N(C)C(CN)c2cnn(C)c2)c1. The maximum absolute atomic E-state index is 5.91. The van der Waals surface area contributed by atoms with Crippen LogP contribution in [0.15, 0.2) is 36.7 Å². The zero-order valence-electron chi connectivity index (χ0n) is 11.2. The second-order valence-electron chi connectivity index (χ2n) is 4.65. The molecule has 2 N–H and O–H groups in total. The molecule has 1 aromatic carbocycles. The van der Waals surface area contributed by atoms with Crippen molar-refractivity contribution in [2.45, 2.75) is 13.0 Å². The number of benzene rings is 1. The Hall–Kier alpha value is -1.81. The van der Waals surface area contributed by atoms with E-state index < -0.39 is 0 Å². The van der Waals surface area contributed by atoms with Gasteiger partial charge >= 0.3 is 0 Å². The number of nitrogens with two attached hydrogens (primary N) is 1. The van der Waals surface area contributed by atoms with Crippen molar-refractivity contribution in [1.29, 1.82) is 0 Å². The molecular formula is C14H20N4. The van der Waals surface area contributed by atoms with Crippen LogP contribution in [0, 0.1) is 6.92 Å². The molecule has 96 valence electrons. The van der Waals surface area contributed by atoms with Crippen LogP contribution in [-0.2, 0) is 7.05 Å². The summed E-state index contributed by atoms with van der Waals surface area (Å²) < 4.78 is 1.81. The molecule has 0 aliphatic heterocycles. The van der Waals surface area contributed by atoms with E-state index in [4.69, 9.17) is 5.73 Å². The van der Waals surface area contributed by atoms with Gasteiger partial charge in [-0.15, -0.1) is 0 Å². The Morgan fingerprint density at radius 1 is 1.44 bits per heavy atom. The van der Waals surface area contributed by atoms with Gasteiger partial charge in [-0.25, -0.2) is 0 Å². The molecule has 0 bridgehead atoms. The smallest absolute Gasteiger partial charge is 0.0692 e. The number of likely N-dealkylation sites (N-methyl/N-ethyl adjacent to an activating group) is 1. The van der Waals surface area contributed by atoms with Gasteiger partial charge in [-0.05, 0) is 24.6 Å². The number of nitrogens with zero attached hydrogens (tertiary/aromatic N) is 3. The molecular weight excluding hydrogens is 224 g/mol. The van der Waals surface area contributed by atoms with Gasteiger partial charge in [0.25, 0.3) is 0 Å². The highest BCUT2D eigenvalue weighted by atomic mass is 15.2. The first-order valence-electron chi connectivity index (χ1n) is 6.10. The van der Waals surface area contributed by atoms with Gasteiger partial charge in [0.05, 0.1) is 12.2 Å². The monoisotopic (exact) mass is 244 g/mol. The summed E-state index contributed by atoms with van der Waals surface area (Å²) >= 11 is 0. The highest BCUT2D eigenvalue weighted by Crippen LogP contribution is 2.25. The van der Waals surface area contributed by atoms with Crippen LogP contribution in [0.5, 0.6) is 0 Å². The molecule has 2 rings (SSSR count). The van der Waals surface area contributed by atoms with Gasteiger partial charge in [0.15, 0.2) is 0 Å². The summed E-state index contributed by atoms with van der Waals surface area (Å²) in [4.78, 5) is 2.20. The van der Waals surface area contributed by atoms with E-state index in [9.17, 15) is 0 Å². The van der Waals surface area contributed by atoms with E-state index in [1.54, 1.807) is 0 Å². The molecule has 2 aromatic rings. The standard InChI is InChI=1S/C14H20N4/c1-11-5-4-6-13(7-11)18(3)14(8-15)12-9-16-17(2)10-12/h4-7,9-10,14H,8,15H2,1-3H3. The Labute approximate surface area is 108 Å². The summed E-state index contributed by atoms with van der Waals surface area (Å²) in [5.74, 6) is 0. The summed E-state index contributed by atoms with van der Waals surface area (Å²) in [5, 5.41) is 4.21. The molecule has 0 fully saturated rings. The second-order valence-corrected chi connectivity index (χ2v) is 4.65. The van der Waals surface area contributed by atoms with Crippen LogP contribution in [0.1, 0.15) is 17.2 Å². The molecule has 0 spiro atoms. The van der Waals surface area contributed by atoms with E-state index in [0.29, 0.717) is 6.54 Å². The van der Waals surface area contributed by atoms with Gasteiger partial charge in [-0.3, -0.25) is 4.68 Å². The second kappa shape index (κ2) is 5.23. The average molecular weight is 244 g/mol. The van der Waals surface area contributed by atoms with Gasteiger partial charge in [0.1, 0.15) is 0 Å². The van der Waals surface area contributed by atoms with Crippen LogP contribution < -0.4 is 10.6 Å². The minimum absolute atomic E-state index is 0.153. The highest BCUT2D eigenvalue weighted by Gasteiger charge is 2.17. The van der Waals surface area contributed by atoms with Crippen LogP contribution >= 0.6 is 0 Å². The molecule has 4 nitrogen and oxygen atoms in total. The third-order valence-corrected chi connectivity index (χ3v) is 3.21. The molecule has 0 radical (unpaired) electrons. The van der Waals surface area contributed by atoms with E-state index >= 15 is 0 Å². The van der Waals surface area contributed by atoms with Gasteiger partial charge in [-0.1, -0.05) is 12.1 Å². The van der Waals surface area contributed by atoms with Crippen molar-refractivity contribution in [3.05, 3.63) is 47.8 Å². The van der Waals surface area contributed by atoms with E-state index in [2.05, 4.69) is 48.2 Å². The fourth-order valence-electron chi connectivity index (χ4n) is 2.16. The van der Waals surface area contributed by atoms with Crippen molar-refractivity contribution in [1.82, 2.24) is 9.78 Å². The van der Waals surface area contributed by atoms with Gasteiger partial charge < -0.3 is 10.6 Å². The maximum atomic E-state index is 5.91. The minimum atomic E-state index is 0.153. The predicted molar refractivity (Wildman–Crippen MR) is 74.6 cm³/mol. The van der Waals surface area contributed by atoms with Crippen molar-refractivity contribution < 1.29 is 0 Å². The largest absolute Gasteiger partial charge is 0.366 e. The molecule has 0 saturated heterocycles. The average Bonchev–Trinajstić information content (AvgIpc) is 2.76. The zero-order valence-corrected chi connectivity index (χ0v) is 11.2. The van der Waals surface area contributed by atoms with Crippen LogP contribution in [0.25, 0.3) is 0 Å². The Morgan fingerprint density at radius 2 is 2.22 bits per heavy atom. The van der Waals surface area contributed by atoms with Crippen molar-refractivity contribution in [2.24, 2.45) is 12.8 Å². The summed E-state index contributed by atoms with van der Waals surface area (Å²) in [6, 6.07) is 8.59. The van der Waals surface area contributed by atoms with Gasteiger partial charge in [0.2, 0.25) is 0 Å². The van der Waals surface area contributed by atoms with Crippen LogP contribution in [0.3, 0.4) is 0 Å². The summed E-state index contributed by atoms with van der Waals surface area (Å²) in [6.07, 6.45) is 3.90. The van der Waals surface area contributed by atoms with E-state index in [-0.39, 0.29) is 6.04 Å². The maximum Gasteiger partial charge on any atom is 0.0692 e. The fourth-order valence-corrected chi connectivity index (χ4v) is 2.16. The van der Waals surface area contributed by atoms with E-state index in [0.717, 1.165) is 5.56 Å². The first kappa shape index (κ1) is 12.6. The molecule has 4 heteroatoms. The lowest BCUT2D eigenvalue weighted by atomic mass is 10.1. The van der Waals surface area contributed by atoms with Gasteiger partial charge in [0, 0.05) is 38.1 Å². The number of aryl methyl sites for hydroxylation is 2.